The van der Waals surface area contributed by atoms with Crippen LogP contribution in [-0.4, -0.2) is 23.1 Å². The Balaban J connectivity index is 2.08. The van der Waals surface area contributed by atoms with Gasteiger partial charge in [0.15, 0.2) is 0 Å². The number of benzene rings is 1. The summed E-state index contributed by atoms with van der Waals surface area (Å²) >= 11 is 5.96. The van der Waals surface area contributed by atoms with Gasteiger partial charge in [-0.05, 0) is 50.5 Å². The van der Waals surface area contributed by atoms with E-state index < -0.39 is 5.60 Å². The first kappa shape index (κ1) is 13.2. The number of hydrogen-bond donors (Lipinski definition) is 0. The summed E-state index contributed by atoms with van der Waals surface area (Å²) in [5.41, 5.74) is 1.93. The molecule has 0 unspecified atom stereocenters. The van der Waals surface area contributed by atoms with Crippen LogP contribution in [0.25, 0.3) is 0 Å². The number of rotatable bonds is 0. The highest BCUT2D eigenvalue weighted by atomic mass is 35.5. The second-order valence-corrected chi connectivity index (χ2v) is 6.00. The van der Waals surface area contributed by atoms with Gasteiger partial charge in [0.05, 0.1) is 0 Å². The number of ether oxygens (including phenoxy) is 1. The van der Waals surface area contributed by atoms with Crippen molar-refractivity contribution in [2.24, 2.45) is 0 Å². The molecule has 0 bridgehead atoms. The van der Waals surface area contributed by atoms with Gasteiger partial charge in [-0.2, -0.15) is 0 Å². The van der Waals surface area contributed by atoms with E-state index in [9.17, 15) is 4.79 Å². The van der Waals surface area contributed by atoms with Gasteiger partial charge in [-0.3, -0.25) is 0 Å². The summed E-state index contributed by atoms with van der Waals surface area (Å²) < 4.78 is 5.38. The van der Waals surface area contributed by atoms with E-state index in [2.05, 4.69) is 0 Å². The maximum Gasteiger partial charge on any atom is 0.410 e. The van der Waals surface area contributed by atoms with Crippen LogP contribution in [0, 0.1) is 0 Å². The van der Waals surface area contributed by atoms with Gasteiger partial charge in [0.1, 0.15) is 5.60 Å². The minimum absolute atomic E-state index is 0.247. The number of carbonyl (C=O) groups is 1. The number of hydrogen-bond acceptors (Lipinski definition) is 2. The van der Waals surface area contributed by atoms with Gasteiger partial charge in [0.2, 0.25) is 0 Å². The number of amides is 1. The zero-order valence-corrected chi connectivity index (χ0v) is 11.8. The van der Waals surface area contributed by atoms with Crippen LogP contribution in [0.5, 0.6) is 0 Å². The first-order chi connectivity index (χ1) is 8.35. The molecule has 1 aromatic rings. The second-order valence-electron chi connectivity index (χ2n) is 5.56. The molecule has 1 aromatic carbocycles. The zero-order valence-electron chi connectivity index (χ0n) is 11.0. The lowest BCUT2D eigenvalue weighted by Gasteiger charge is -2.31. The highest BCUT2D eigenvalue weighted by Gasteiger charge is 2.25. The van der Waals surface area contributed by atoms with E-state index in [-0.39, 0.29) is 6.09 Å². The van der Waals surface area contributed by atoms with Gasteiger partial charge in [-0.1, -0.05) is 17.7 Å². The average molecular weight is 268 g/mol. The maximum atomic E-state index is 12.0. The van der Waals surface area contributed by atoms with Gasteiger partial charge < -0.3 is 9.64 Å². The summed E-state index contributed by atoms with van der Waals surface area (Å²) in [4.78, 5) is 13.7. The SMILES string of the molecule is CC(C)(C)OC(=O)N1CCc2cc(Cl)ccc2C1. The molecule has 0 aliphatic carbocycles. The molecule has 18 heavy (non-hydrogen) atoms. The molecule has 0 atom stereocenters. The summed E-state index contributed by atoms with van der Waals surface area (Å²) in [6, 6.07) is 5.82. The lowest BCUT2D eigenvalue weighted by molar-refractivity contribution is 0.0224. The van der Waals surface area contributed by atoms with Crippen LogP contribution in [0.1, 0.15) is 31.9 Å². The van der Waals surface area contributed by atoms with Crippen LogP contribution in [-0.2, 0) is 17.7 Å². The Morgan fingerprint density at radius 3 is 2.72 bits per heavy atom. The smallest absolute Gasteiger partial charge is 0.410 e. The highest BCUT2D eigenvalue weighted by molar-refractivity contribution is 6.30. The van der Waals surface area contributed by atoms with Gasteiger partial charge in [0, 0.05) is 18.1 Å². The monoisotopic (exact) mass is 267 g/mol. The molecule has 1 heterocycles. The van der Waals surface area contributed by atoms with Crippen LogP contribution < -0.4 is 0 Å². The molecule has 4 heteroatoms. The first-order valence-corrected chi connectivity index (χ1v) is 6.48. The zero-order chi connectivity index (χ0) is 13.3. The van der Waals surface area contributed by atoms with Gasteiger partial charge in [-0.25, -0.2) is 4.79 Å². The fraction of sp³-hybridized carbons (Fsp3) is 0.500. The average Bonchev–Trinajstić information content (AvgIpc) is 2.26. The normalized spacial score (nSPS) is 15.2. The predicted octanol–water partition coefficient (Wildman–Crippen LogP) is 3.63. The molecule has 2 rings (SSSR count). The molecule has 0 N–H and O–H groups in total. The van der Waals surface area contributed by atoms with Crippen LogP contribution in [0.15, 0.2) is 18.2 Å². The fourth-order valence-corrected chi connectivity index (χ4v) is 2.20. The molecular weight excluding hydrogens is 250 g/mol. The van der Waals surface area contributed by atoms with Crippen LogP contribution in [0.2, 0.25) is 5.02 Å². The van der Waals surface area contributed by atoms with Crippen molar-refractivity contribution in [3.63, 3.8) is 0 Å². The van der Waals surface area contributed by atoms with Gasteiger partial charge >= 0.3 is 6.09 Å². The first-order valence-electron chi connectivity index (χ1n) is 6.10. The molecule has 3 nitrogen and oxygen atoms in total. The standard InChI is InChI=1S/C14H18ClNO2/c1-14(2,3)18-13(17)16-7-6-10-8-12(15)5-4-11(10)9-16/h4-5,8H,6-7,9H2,1-3H3. The molecule has 0 fully saturated rings. The van der Waals surface area contributed by atoms with E-state index >= 15 is 0 Å². The summed E-state index contributed by atoms with van der Waals surface area (Å²) in [5, 5.41) is 0.750. The van der Waals surface area contributed by atoms with E-state index in [0.29, 0.717) is 13.1 Å². The Morgan fingerprint density at radius 1 is 1.33 bits per heavy atom. The third-order valence-corrected chi connectivity index (χ3v) is 3.07. The molecule has 0 aromatic heterocycles. The molecule has 98 valence electrons. The molecule has 1 amide bonds. The van der Waals surface area contributed by atoms with E-state index in [1.807, 2.05) is 39.0 Å². The van der Waals surface area contributed by atoms with Crippen LogP contribution >= 0.6 is 11.6 Å². The number of carbonyl (C=O) groups excluding carboxylic acids is 1. The Kier molecular flexibility index (Phi) is 3.53. The van der Waals surface area contributed by atoms with Gasteiger partial charge in [-0.15, -0.1) is 0 Å². The van der Waals surface area contributed by atoms with Crippen molar-refractivity contribution in [3.05, 3.63) is 34.3 Å². The van der Waals surface area contributed by atoms with Crippen molar-refractivity contribution < 1.29 is 9.53 Å². The quantitative estimate of drug-likeness (QED) is 0.718. The summed E-state index contributed by atoms with van der Waals surface area (Å²) in [6.07, 6.45) is 0.581. The Labute approximate surface area is 113 Å². The highest BCUT2D eigenvalue weighted by Crippen LogP contribution is 2.23. The molecule has 0 saturated carbocycles. The molecule has 0 spiro atoms. The van der Waals surface area contributed by atoms with Gasteiger partial charge in [0.25, 0.3) is 0 Å². The van der Waals surface area contributed by atoms with Crippen molar-refractivity contribution in [1.82, 2.24) is 4.90 Å². The predicted molar refractivity (Wildman–Crippen MR) is 71.8 cm³/mol. The fourth-order valence-electron chi connectivity index (χ4n) is 2.00. The molecule has 1 aliphatic heterocycles. The van der Waals surface area contributed by atoms with E-state index in [4.69, 9.17) is 16.3 Å². The Bertz CT molecular complexity index is 465. The molecular formula is C14H18ClNO2. The Morgan fingerprint density at radius 2 is 2.06 bits per heavy atom. The number of fused-ring (bicyclic) bond motifs is 1. The van der Waals surface area contributed by atoms with Crippen LogP contribution in [0.4, 0.5) is 4.79 Å². The second kappa shape index (κ2) is 4.81. The summed E-state index contributed by atoms with van der Waals surface area (Å²) in [5.74, 6) is 0. The number of halogens is 1. The lowest BCUT2D eigenvalue weighted by Crippen LogP contribution is -2.39. The largest absolute Gasteiger partial charge is 0.444 e. The molecule has 1 aliphatic rings. The number of nitrogens with zero attached hydrogens (tertiary/aromatic N) is 1. The van der Waals surface area contributed by atoms with Crippen molar-refractivity contribution >= 4 is 17.7 Å². The third-order valence-electron chi connectivity index (χ3n) is 2.83. The van der Waals surface area contributed by atoms with E-state index in [0.717, 1.165) is 17.0 Å². The summed E-state index contributed by atoms with van der Waals surface area (Å²) in [6.45, 7) is 6.91. The van der Waals surface area contributed by atoms with E-state index in [1.165, 1.54) is 5.56 Å². The molecule has 0 saturated heterocycles. The van der Waals surface area contributed by atoms with Crippen LogP contribution in [0.3, 0.4) is 0 Å². The van der Waals surface area contributed by atoms with Crippen molar-refractivity contribution in [1.29, 1.82) is 0 Å². The minimum Gasteiger partial charge on any atom is -0.444 e. The summed E-state index contributed by atoms with van der Waals surface area (Å²) in [7, 11) is 0. The topological polar surface area (TPSA) is 29.5 Å². The van der Waals surface area contributed by atoms with Crippen molar-refractivity contribution in [2.45, 2.75) is 39.3 Å². The third kappa shape index (κ3) is 3.16. The van der Waals surface area contributed by atoms with E-state index in [1.54, 1.807) is 4.90 Å². The van der Waals surface area contributed by atoms with Crippen molar-refractivity contribution in [2.75, 3.05) is 6.54 Å². The Hall–Kier alpha value is -1.22. The minimum atomic E-state index is -0.447. The lowest BCUT2D eigenvalue weighted by atomic mass is 10.0. The van der Waals surface area contributed by atoms with Crippen molar-refractivity contribution in [3.8, 4) is 0 Å². The molecule has 0 radical (unpaired) electrons. The maximum absolute atomic E-state index is 12.0.